The summed E-state index contributed by atoms with van der Waals surface area (Å²) in [5.74, 6) is -2.74. The van der Waals surface area contributed by atoms with Gasteiger partial charge in [-0.2, -0.15) is 0 Å². The lowest BCUT2D eigenvalue weighted by Crippen LogP contribution is -2.35. The van der Waals surface area contributed by atoms with E-state index in [4.69, 9.17) is 10.2 Å². The van der Waals surface area contributed by atoms with Gasteiger partial charge in [0, 0.05) is 5.69 Å². The molecular formula is C14H14N3O5+. The van der Waals surface area contributed by atoms with Crippen molar-refractivity contribution in [1.82, 2.24) is 4.57 Å². The Morgan fingerprint density at radius 2 is 1.77 bits per heavy atom. The van der Waals surface area contributed by atoms with Crippen LogP contribution >= 0.6 is 0 Å². The Balaban J connectivity index is 2.26. The highest BCUT2D eigenvalue weighted by Crippen LogP contribution is 2.08. The zero-order chi connectivity index (χ0) is 16.1. The molecule has 0 aliphatic rings. The van der Waals surface area contributed by atoms with Crippen LogP contribution < -0.4 is 9.88 Å². The van der Waals surface area contributed by atoms with Gasteiger partial charge in [0.05, 0.1) is 0 Å². The van der Waals surface area contributed by atoms with Crippen LogP contribution in [0, 0.1) is 0 Å². The summed E-state index contributed by atoms with van der Waals surface area (Å²) in [4.78, 5) is 33.8. The minimum absolute atomic E-state index is 0.0625. The molecule has 0 atom stereocenters. The molecule has 1 heterocycles. The fourth-order valence-corrected chi connectivity index (χ4v) is 1.93. The normalized spacial score (nSPS) is 10.2. The lowest BCUT2D eigenvalue weighted by molar-refractivity contribution is -0.685. The van der Waals surface area contributed by atoms with E-state index in [-0.39, 0.29) is 12.2 Å². The maximum Gasteiger partial charge on any atom is 0.346 e. The van der Waals surface area contributed by atoms with Crippen LogP contribution in [0.2, 0.25) is 0 Å². The first-order valence-electron chi connectivity index (χ1n) is 6.35. The summed E-state index contributed by atoms with van der Waals surface area (Å²) in [6.07, 6.45) is 2.58. The molecule has 0 aliphatic heterocycles. The quantitative estimate of drug-likeness (QED) is 0.660. The minimum atomic E-state index is -1.13. The molecule has 2 aromatic rings. The van der Waals surface area contributed by atoms with E-state index >= 15 is 0 Å². The van der Waals surface area contributed by atoms with Gasteiger partial charge in [0.25, 0.3) is 5.91 Å². The van der Waals surface area contributed by atoms with Crippen molar-refractivity contribution in [2.24, 2.45) is 0 Å². The number of aliphatic carboxylic acids is 2. The zero-order valence-electron chi connectivity index (χ0n) is 11.5. The van der Waals surface area contributed by atoms with Crippen LogP contribution in [0.5, 0.6) is 0 Å². The van der Waals surface area contributed by atoms with Gasteiger partial charge in [-0.1, -0.05) is 18.2 Å². The molecule has 2 rings (SSSR count). The molecule has 8 nitrogen and oxygen atoms in total. The highest BCUT2D eigenvalue weighted by molar-refractivity contribution is 6.02. The van der Waals surface area contributed by atoms with Crippen LogP contribution in [0.1, 0.15) is 10.5 Å². The van der Waals surface area contributed by atoms with Crippen LogP contribution in [0.3, 0.4) is 0 Å². The van der Waals surface area contributed by atoms with Crippen LogP contribution in [-0.2, 0) is 22.7 Å². The molecule has 3 N–H and O–H groups in total. The van der Waals surface area contributed by atoms with E-state index < -0.39 is 24.4 Å². The second-order valence-electron chi connectivity index (χ2n) is 4.54. The summed E-state index contributed by atoms with van der Waals surface area (Å²) < 4.78 is 2.43. The molecule has 8 heteroatoms. The maximum absolute atomic E-state index is 12.2. The van der Waals surface area contributed by atoms with Gasteiger partial charge in [0.2, 0.25) is 12.0 Å². The van der Waals surface area contributed by atoms with E-state index in [9.17, 15) is 14.4 Å². The van der Waals surface area contributed by atoms with Gasteiger partial charge in [0.15, 0.2) is 13.1 Å². The first-order valence-corrected chi connectivity index (χ1v) is 6.35. The number of hydrogen-bond acceptors (Lipinski definition) is 3. The number of anilines is 1. The number of hydrogen-bond donors (Lipinski definition) is 3. The average Bonchev–Trinajstić information content (AvgIpc) is 2.80. The first-order chi connectivity index (χ1) is 10.5. The van der Waals surface area contributed by atoms with Gasteiger partial charge in [0.1, 0.15) is 6.20 Å². The monoisotopic (exact) mass is 304 g/mol. The number of amides is 1. The first kappa shape index (κ1) is 15.2. The average molecular weight is 304 g/mol. The van der Waals surface area contributed by atoms with Gasteiger partial charge in [-0.05, 0) is 12.1 Å². The lowest BCUT2D eigenvalue weighted by Gasteiger charge is -2.02. The molecule has 0 fully saturated rings. The van der Waals surface area contributed by atoms with Crippen LogP contribution in [0.4, 0.5) is 5.69 Å². The number of para-hydroxylation sites is 1. The molecular weight excluding hydrogens is 290 g/mol. The number of carbonyl (C=O) groups is 3. The molecule has 0 unspecified atom stereocenters. The number of benzene rings is 1. The number of imidazole rings is 1. The standard InChI is InChI=1S/C14H13N3O5/c18-12(19)7-16-6-11(17(9-16)8-13(20)21)14(22)15-10-4-2-1-3-5-10/h1-6,9H,7-8H2,(H2-,15,18,19,20,21,22)/p+1. The Morgan fingerprint density at radius 3 is 2.36 bits per heavy atom. The molecule has 0 bridgehead atoms. The van der Waals surface area contributed by atoms with Crippen molar-refractivity contribution >= 4 is 23.5 Å². The summed E-state index contributed by atoms with van der Waals surface area (Å²) in [6.45, 7) is -0.803. The van der Waals surface area contributed by atoms with E-state index in [0.717, 1.165) is 0 Å². The number of aromatic nitrogens is 2. The summed E-state index contributed by atoms with van der Waals surface area (Å²) in [5.41, 5.74) is 0.618. The van der Waals surface area contributed by atoms with Crippen molar-refractivity contribution in [2.45, 2.75) is 13.1 Å². The second-order valence-corrected chi connectivity index (χ2v) is 4.54. The molecule has 0 saturated heterocycles. The van der Waals surface area contributed by atoms with E-state index in [1.54, 1.807) is 30.3 Å². The largest absolute Gasteiger partial charge is 0.478 e. The van der Waals surface area contributed by atoms with Crippen molar-refractivity contribution in [3.63, 3.8) is 0 Å². The maximum atomic E-state index is 12.2. The number of carboxylic acids is 2. The van der Waals surface area contributed by atoms with E-state index in [1.807, 2.05) is 0 Å². The van der Waals surface area contributed by atoms with Gasteiger partial charge in [-0.15, -0.1) is 0 Å². The van der Waals surface area contributed by atoms with Crippen molar-refractivity contribution in [3.8, 4) is 0 Å². The Labute approximate surface area is 125 Å². The smallest absolute Gasteiger partial charge is 0.346 e. The number of carboxylic acid groups (broad SMARTS) is 2. The minimum Gasteiger partial charge on any atom is -0.478 e. The van der Waals surface area contributed by atoms with Crippen molar-refractivity contribution in [1.29, 1.82) is 0 Å². The highest BCUT2D eigenvalue weighted by Gasteiger charge is 2.23. The molecule has 114 valence electrons. The lowest BCUT2D eigenvalue weighted by atomic mass is 10.3. The van der Waals surface area contributed by atoms with E-state index in [0.29, 0.717) is 5.69 Å². The molecule has 22 heavy (non-hydrogen) atoms. The predicted octanol–water partition coefficient (Wildman–Crippen LogP) is 0.197. The molecule has 0 saturated carbocycles. The molecule has 0 spiro atoms. The van der Waals surface area contributed by atoms with Gasteiger partial charge < -0.3 is 15.5 Å². The Morgan fingerprint density at radius 1 is 1.09 bits per heavy atom. The van der Waals surface area contributed by atoms with Crippen molar-refractivity contribution < 1.29 is 29.2 Å². The predicted molar refractivity (Wildman–Crippen MR) is 74.3 cm³/mol. The van der Waals surface area contributed by atoms with Gasteiger partial charge in [-0.3, -0.25) is 4.79 Å². The molecule has 1 aromatic heterocycles. The summed E-state index contributed by atoms with van der Waals surface area (Å²) in [7, 11) is 0. The number of nitrogens with one attached hydrogen (secondary N) is 1. The fourth-order valence-electron chi connectivity index (χ4n) is 1.93. The van der Waals surface area contributed by atoms with Gasteiger partial charge >= 0.3 is 11.9 Å². The Kier molecular flexibility index (Phi) is 4.52. The third-order valence-electron chi connectivity index (χ3n) is 2.77. The topological polar surface area (TPSA) is 113 Å². The zero-order valence-corrected chi connectivity index (χ0v) is 11.5. The fraction of sp³-hybridized carbons (Fsp3) is 0.143. The SMILES string of the molecule is O=C(O)Cn1c[n+](CC(=O)O)cc1C(=O)Nc1ccccc1. The number of nitrogens with zero attached hydrogens (tertiary/aromatic N) is 2. The molecule has 0 radical (unpaired) electrons. The summed E-state index contributed by atoms with van der Waals surface area (Å²) in [6, 6.07) is 8.66. The molecule has 1 aromatic carbocycles. The number of carbonyl (C=O) groups excluding carboxylic acids is 1. The van der Waals surface area contributed by atoms with Crippen molar-refractivity contribution in [3.05, 3.63) is 48.5 Å². The summed E-state index contributed by atoms with van der Waals surface area (Å²) >= 11 is 0. The van der Waals surface area contributed by atoms with Crippen molar-refractivity contribution in [2.75, 3.05) is 5.32 Å². The summed E-state index contributed by atoms with van der Waals surface area (Å²) in [5, 5.41) is 20.3. The molecule has 1 amide bonds. The number of rotatable bonds is 6. The second kappa shape index (κ2) is 6.53. The van der Waals surface area contributed by atoms with Crippen LogP contribution in [0.15, 0.2) is 42.9 Å². The third kappa shape index (κ3) is 3.92. The van der Waals surface area contributed by atoms with Crippen LogP contribution in [-0.4, -0.2) is 32.6 Å². The third-order valence-corrected chi connectivity index (χ3v) is 2.77. The highest BCUT2D eigenvalue weighted by atomic mass is 16.4. The Hall–Kier alpha value is -3.16. The molecule has 0 aliphatic carbocycles. The van der Waals surface area contributed by atoms with Gasteiger partial charge in [-0.25, -0.2) is 18.7 Å². The Bertz CT molecular complexity index is 709. The van der Waals surface area contributed by atoms with E-state index in [1.165, 1.54) is 21.7 Å². The van der Waals surface area contributed by atoms with Crippen LogP contribution in [0.25, 0.3) is 0 Å². The van der Waals surface area contributed by atoms with E-state index in [2.05, 4.69) is 5.32 Å².